The number of aromatic nitrogens is 1. The van der Waals surface area contributed by atoms with E-state index >= 15 is 0 Å². The van der Waals surface area contributed by atoms with Crippen molar-refractivity contribution < 1.29 is 14.3 Å². The summed E-state index contributed by atoms with van der Waals surface area (Å²) in [4.78, 5) is 32.6. The highest BCUT2D eigenvalue weighted by Gasteiger charge is 2.34. The van der Waals surface area contributed by atoms with Crippen LogP contribution >= 0.6 is 22.7 Å². The summed E-state index contributed by atoms with van der Waals surface area (Å²) in [5.41, 5.74) is 1.43. The van der Waals surface area contributed by atoms with Crippen LogP contribution in [-0.4, -0.2) is 23.8 Å². The van der Waals surface area contributed by atoms with Gasteiger partial charge in [0, 0.05) is 10.4 Å². The van der Waals surface area contributed by atoms with E-state index in [9.17, 15) is 9.59 Å². The van der Waals surface area contributed by atoms with Gasteiger partial charge in [0.25, 0.3) is 5.56 Å². The molecule has 160 valence electrons. The fourth-order valence-electron chi connectivity index (χ4n) is 3.58. The van der Waals surface area contributed by atoms with Crippen LogP contribution in [0, 0.1) is 0 Å². The molecule has 2 aromatic heterocycles. The van der Waals surface area contributed by atoms with Crippen molar-refractivity contribution in [2.75, 3.05) is 13.2 Å². The van der Waals surface area contributed by atoms with Crippen LogP contribution in [0.4, 0.5) is 0 Å². The van der Waals surface area contributed by atoms with Crippen LogP contribution in [0.5, 0.6) is 5.75 Å². The highest BCUT2D eigenvalue weighted by atomic mass is 32.1. The van der Waals surface area contributed by atoms with Gasteiger partial charge in [-0.25, -0.2) is 9.79 Å². The first-order chi connectivity index (χ1) is 15.0. The van der Waals surface area contributed by atoms with Gasteiger partial charge in [0.05, 0.1) is 29.0 Å². The van der Waals surface area contributed by atoms with E-state index in [1.54, 1.807) is 29.8 Å². The molecule has 0 saturated heterocycles. The van der Waals surface area contributed by atoms with Crippen LogP contribution < -0.4 is 19.6 Å². The van der Waals surface area contributed by atoms with Crippen molar-refractivity contribution in [3.05, 3.63) is 83.2 Å². The van der Waals surface area contributed by atoms with Gasteiger partial charge in [-0.15, -0.1) is 11.3 Å². The Labute approximate surface area is 187 Å². The Kier molecular flexibility index (Phi) is 6.20. The third-order valence-electron chi connectivity index (χ3n) is 4.85. The second-order valence-electron chi connectivity index (χ2n) is 6.79. The Balaban J connectivity index is 2.00. The predicted molar refractivity (Wildman–Crippen MR) is 122 cm³/mol. The number of carbonyl (C=O) groups excluding carboxylic acids is 1. The molecule has 1 unspecified atom stereocenters. The first-order valence-electron chi connectivity index (χ1n) is 10.00. The van der Waals surface area contributed by atoms with E-state index in [2.05, 4.69) is 4.99 Å². The van der Waals surface area contributed by atoms with Gasteiger partial charge in [-0.1, -0.05) is 35.6 Å². The Morgan fingerprint density at radius 1 is 1.19 bits per heavy atom. The molecule has 3 aromatic rings. The lowest BCUT2D eigenvalue weighted by molar-refractivity contribution is -0.139. The average Bonchev–Trinajstić information content (AvgIpc) is 3.36. The topological polar surface area (TPSA) is 69.9 Å². The number of thiophene rings is 1. The zero-order chi connectivity index (χ0) is 22.0. The van der Waals surface area contributed by atoms with Gasteiger partial charge >= 0.3 is 5.97 Å². The number of benzene rings is 1. The number of hydrogen-bond donors (Lipinski definition) is 0. The second kappa shape index (κ2) is 9.03. The molecule has 0 saturated carbocycles. The third-order valence-corrected chi connectivity index (χ3v) is 6.65. The van der Waals surface area contributed by atoms with Gasteiger partial charge in [-0.3, -0.25) is 9.36 Å². The summed E-state index contributed by atoms with van der Waals surface area (Å²) >= 11 is 2.88. The molecular formula is C23H22N2O4S2. The smallest absolute Gasteiger partial charge is 0.338 e. The molecule has 6 nitrogen and oxygen atoms in total. The normalized spacial score (nSPS) is 16.1. The van der Waals surface area contributed by atoms with Gasteiger partial charge in [0.2, 0.25) is 0 Å². The third kappa shape index (κ3) is 4.00. The van der Waals surface area contributed by atoms with E-state index in [1.807, 2.05) is 54.8 Å². The van der Waals surface area contributed by atoms with Crippen LogP contribution in [-0.2, 0) is 9.53 Å². The maximum absolute atomic E-state index is 13.5. The van der Waals surface area contributed by atoms with Crippen LogP contribution in [0.25, 0.3) is 6.08 Å². The van der Waals surface area contributed by atoms with Crippen LogP contribution in [0.3, 0.4) is 0 Å². The largest absolute Gasteiger partial charge is 0.494 e. The fraction of sp³-hybridized carbons (Fsp3) is 0.261. The predicted octanol–water partition coefficient (Wildman–Crippen LogP) is 3.26. The molecule has 1 aliphatic rings. The Morgan fingerprint density at radius 3 is 2.71 bits per heavy atom. The number of allylic oxidation sites excluding steroid dienone is 1. The lowest BCUT2D eigenvalue weighted by atomic mass is 9.95. The molecular weight excluding hydrogens is 432 g/mol. The average molecular weight is 455 g/mol. The molecule has 0 radical (unpaired) electrons. The van der Waals surface area contributed by atoms with Crippen molar-refractivity contribution in [3.63, 3.8) is 0 Å². The molecule has 4 rings (SSSR count). The molecule has 0 fully saturated rings. The van der Waals surface area contributed by atoms with Gasteiger partial charge in [-0.2, -0.15) is 0 Å². The van der Waals surface area contributed by atoms with Crippen molar-refractivity contribution >= 4 is 34.7 Å². The summed E-state index contributed by atoms with van der Waals surface area (Å²) in [6.45, 7) is 6.13. The van der Waals surface area contributed by atoms with Crippen molar-refractivity contribution in [1.29, 1.82) is 0 Å². The van der Waals surface area contributed by atoms with Gasteiger partial charge < -0.3 is 9.47 Å². The SMILES string of the molecule is CCOC(=O)C1=C(C)N=c2s/c(=C\c3cccs3)c(=O)n2C1c1ccccc1OCC. The summed E-state index contributed by atoms with van der Waals surface area (Å²) < 4.78 is 13.3. The Hall–Kier alpha value is -2.97. The lowest BCUT2D eigenvalue weighted by Gasteiger charge is -2.26. The van der Waals surface area contributed by atoms with Gasteiger partial charge in [0.1, 0.15) is 11.8 Å². The number of thiazole rings is 1. The van der Waals surface area contributed by atoms with E-state index in [0.29, 0.717) is 33.0 Å². The number of para-hydroxylation sites is 1. The monoisotopic (exact) mass is 454 g/mol. The summed E-state index contributed by atoms with van der Waals surface area (Å²) in [6, 6.07) is 10.7. The van der Waals surface area contributed by atoms with E-state index in [4.69, 9.17) is 9.47 Å². The Morgan fingerprint density at radius 2 is 2.00 bits per heavy atom. The minimum Gasteiger partial charge on any atom is -0.494 e. The lowest BCUT2D eigenvalue weighted by Crippen LogP contribution is -2.40. The first kappa shape index (κ1) is 21.3. The summed E-state index contributed by atoms with van der Waals surface area (Å²) in [5, 5.41) is 1.97. The van der Waals surface area contributed by atoms with Gasteiger partial charge in [-0.05, 0) is 44.4 Å². The summed E-state index contributed by atoms with van der Waals surface area (Å²) in [5.74, 6) is 0.145. The molecule has 8 heteroatoms. The first-order valence-corrected chi connectivity index (χ1v) is 11.7. The molecule has 1 atom stereocenters. The molecule has 0 amide bonds. The zero-order valence-electron chi connectivity index (χ0n) is 17.5. The van der Waals surface area contributed by atoms with Crippen LogP contribution in [0.2, 0.25) is 0 Å². The van der Waals surface area contributed by atoms with E-state index < -0.39 is 12.0 Å². The molecule has 1 aliphatic heterocycles. The maximum Gasteiger partial charge on any atom is 0.338 e. The Bertz CT molecular complexity index is 1320. The minimum absolute atomic E-state index is 0.192. The summed E-state index contributed by atoms with van der Waals surface area (Å²) in [6.07, 6.45) is 1.86. The molecule has 3 heterocycles. The number of nitrogens with zero attached hydrogens (tertiary/aromatic N) is 2. The zero-order valence-corrected chi connectivity index (χ0v) is 19.1. The maximum atomic E-state index is 13.5. The van der Waals surface area contributed by atoms with Crippen LogP contribution in [0.1, 0.15) is 37.3 Å². The van der Waals surface area contributed by atoms with Crippen molar-refractivity contribution in [2.24, 2.45) is 4.99 Å². The quantitative estimate of drug-likeness (QED) is 0.536. The molecule has 0 N–H and O–H groups in total. The van der Waals surface area contributed by atoms with Crippen molar-refractivity contribution in [1.82, 2.24) is 4.57 Å². The number of hydrogen-bond acceptors (Lipinski definition) is 7. The van der Waals surface area contributed by atoms with Crippen molar-refractivity contribution in [3.8, 4) is 5.75 Å². The van der Waals surface area contributed by atoms with E-state index in [1.165, 1.54) is 11.3 Å². The molecule has 0 bridgehead atoms. The van der Waals surface area contributed by atoms with Crippen LogP contribution in [0.15, 0.2) is 62.8 Å². The molecule has 1 aromatic carbocycles. The van der Waals surface area contributed by atoms with E-state index in [0.717, 1.165) is 10.4 Å². The fourth-order valence-corrected chi connectivity index (χ4v) is 5.35. The van der Waals surface area contributed by atoms with Gasteiger partial charge in [0.15, 0.2) is 4.80 Å². The van der Waals surface area contributed by atoms with Crippen molar-refractivity contribution in [2.45, 2.75) is 26.8 Å². The number of ether oxygens (including phenoxy) is 2. The number of fused-ring (bicyclic) bond motifs is 1. The molecule has 0 spiro atoms. The second-order valence-corrected chi connectivity index (χ2v) is 8.78. The number of rotatable bonds is 6. The molecule has 0 aliphatic carbocycles. The number of carbonyl (C=O) groups is 1. The number of esters is 1. The molecule has 31 heavy (non-hydrogen) atoms. The standard InChI is InChI=1S/C23H22N2O4S2/c1-4-28-17-11-7-6-10-16(17)20-19(22(27)29-5-2)14(3)24-23-25(20)21(26)18(31-23)13-15-9-8-12-30-15/h6-13,20H,4-5H2,1-3H3/b18-13-. The highest BCUT2D eigenvalue weighted by molar-refractivity contribution is 7.11. The highest BCUT2D eigenvalue weighted by Crippen LogP contribution is 2.35. The minimum atomic E-state index is -0.677. The van der Waals surface area contributed by atoms with E-state index in [-0.39, 0.29) is 12.2 Å². The summed E-state index contributed by atoms with van der Waals surface area (Å²) in [7, 11) is 0.